The first kappa shape index (κ1) is 16.2. The van der Waals surface area contributed by atoms with Crippen molar-refractivity contribution in [2.75, 3.05) is 11.9 Å². The molecule has 0 atom stereocenters. The summed E-state index contributed by atoms with van der Waals surface area (Å²) in [5.41, 5.74) is 3.75. The summed E-state index contributed by atoms with van der Waals surface area (Å²) in [5.74, 6) is 2.33. The summed E-state index contributed by atoms with van der Waals surface area (Å²) in [6.07, 6.45) is 1.84. The van der Waals surface area contributed by atoms with Crippen molar-refractivity contribution in [3.8, 4) is 11.4 Å². The fraction of sp³-hybridized carbons (Fsp3) is 0.278. The van der Waals surface area contributed by atoms with Gasteiger partial charge in [-0.3, -0.25) is 0 Å². The molecule has 26 heavy (non-hydrogen) atoms. The maximum absolute atomic E-state index is 4.68. The molecule has 8 heteroatoms. The molecule has 4 aromatic rings. The van der Waals surface area contributed by atoms with E-state index in [1.54, 1.807) is 4.68 Å². The third-order valence-electron chi connectivity index (χ3n) is 4.32. The number of rotatable bonds is 4. The molecule has 3 heterocycles. The molecule has 0 spiro atoms. The predicted octanol–water partition coefficient (Wildman–Crippen LogP) is 1.59. The van der Waals surface area contributed by atoms with Crippen LogP contribution in [0.25, 0.3) is 17.0 Å². The Morgan fingerprint density at radius 3 is 2.65 bits per heavy atom. The first-order valence-corrected chi connectivity index (χ1v) is 8.43. The zero-order chi connectivity index (χ0) is 18.3. The van der Waals surface area contributed by atoms with Gasteiger partial charge in [0.15, 0.2) is 5.82 Å². The molecule has 1 N–H and O–H groups in total. The zero-order valence-corrected chi connectivity index (χ0v) is 15.3. The average molecular weight is 349 g/mol. The first-order chi connectivity index (χ1) is 12.5. The second-order valence-electron chi connectivity index (χ2n) is 6.40. The van der Waals surface area contributed by atoms with E-state index in [1.165, 1.54) is 0 Å². The molecule has 0 saturated heterocycles. The number of nitrogens with zero attached hydrogens (tertiary/aromatic N) is 7. The Hall–Kier alpha value is -3.29. The van der Waals surface area contributed by atoms with Gasteiger partial charge in [-0.25, -0.2) is 9.67 Å². The second-order valence-corrected chi connectivity index (χ2v) is 6.40. The van der Waals surface area contributed by atoms with Gasteiger partial charge < -0.3 is 4.90 Å². The molecule has 0 amide bonds. The van der Waals surface area contributed by atoms with Crippen molar-refractivity contribution in [3.05, 3.63) is 53.7 Å². The summed E-state index contributed by atoms with van der Waals surface area (Å²) >= 11 is 0. The lowest BCUT2D eigenvalue weighted by molar-refractivity contribution is -0.585. The number of hydrogen-bond acceptors (Lipinski definition) is 5. The largest absolute Gasteiger partial charge is 0.370 e. The maximum atomic E-state index is 4.68. The molecule has 8 nitrogen and oxygen atoms in total. The van der Waals surface area contributed by atoms with Crippen LogP contribution in [0.4, 0.5) is 5.95 Å². The highest BCUT2D eigenvalue weighted by Gasteiger charge is 2.21. The number of fused-ring (bicyclic) bond motifs is 1. The Labute approximate surface area is 151 Å². The third-order valence-corrected chi connectivity index (χ3v) is 4.32. The molecule has 0 fully saturated rings. The summed E-state index contributed by atoms with van der Waals surface area (Å²) in [4.78, 5) is 15.7. The Morgan fingerprint density at radius 2 is 1.92 bits per heavy atom. The zero-order valence-electron chi connectivity index (χ0n) is 15.3. The quantitative estimate of drug-likeness (QED) is 0.566. The van der Waals surface area contributed by atoms with Crippen LogP contribution in [0, 0.1) is 13.8 Å². The molecular weight excluding hydrogens is 328 g/mol. The van der Waals surface area contributed by atoms with E-state index in [-0.39, 0.29) is 0 Å². The molecule has 0 aliphatic carbocycles. The molecule has 0 saturated carbocycles. The highest BCUT2D eigenvalue weighted by atomic mass is 15.4. The molecule has 132 valence electrons. The highest BCUT2D eigenvalue weighted by Crippen LogP contribution is 2.19. The SMILES string of the molecule is Cc1ncc(C)[n+]2[nH]c(CN(C)c3nc(-c4ccccc4)nn3C)nc12. The monoisotopic (exact) mass is 349 g/mol. The van der Waals surface area contributed by atoms with Crippen molar-refractivity contribution in [3.63, 3.8) is 0 Å². The maximum Gasteiger partial charge on any atom is 0.370 e. The minimum absolute atomic E-state index is 0.585. The molecule has 0 aliphatic heterocycles. The summed E-state index contributed by atoms with van der Waals surface area (Å²) in [6.45, 7) is 4.54. The van der Waals surface area contributed by atoms with E-state index in [0.29, 0.717) is 12.4 Å². The van der Waals surface area contributed by atoms with Gasteiger partial charge in [0.2, 0.25) is 5.95 Å². The lowest BCUT2D eigenvalue weighted by atomic mass is 10.2. The van der Waals surface area contributed by atoms with Crippen LogP contribution in [-0.4, -0.2) is 36.9 Å². The molecule has 0 radical (unpaired) electrons. The standard InChI is InChI=1S/C18H20N8/c1-12-10-19-13(2)17-20-15(22-26(12)17)11-24(3)18-21-16(23-25(18)4)14-8-6-5-7-9-14/h5-10H,11H2,1-4H3/p+1. The summed E-state index contributed by atoms with van der Waals surface area (Å²) < 4.78 is 3.74. The molecule has 3 aromatic heterocycles. The van der Waals surface area contributed by atoms with E-state index >= 15 is 0 Å². The lowest BCUT2D eigenvalue weighted by Crippen LogP contribution is -2.29. The molecule has 1 aromatic carbocycles. The van der Waals surface area contributed by atoms with Gasteiger partial charge in [0.25, 0.3) is 5.82 Å². The van der Waals surface area contributed by atoms with Gasteiger partial charge >= 0.3 is 5.65 Å². The van der Waals surface area contributed by atoms with Gasteiger partial charge in [-0.1, -0.05) is 30.3 Å². The number of H-pyrrole nitrogens is 1. The minimum Gasteiger partial charge on any atom is -0.334 e. The van der Waals surface area contributed by atoms with Crippen molar-refractivity contribution >= 4 is 11.6 Å². The van der Waals surface area contributed by atoms with E-state index in [4.69, 9.17) is 0 Å². The highest BCUT2D eigenvalue weighted by molar-refractivity contribution is 5.56. The Bertz CT molecular complexity index is 1020. The minimum atomic E-state index is 0.585. The summed E-state index contributed by atoms with van der Waals surface area (Å²) in [7, 11) is 3.88. The fourth-order valence-electron chi connectivity index (χ4n) is 2.97. The van der Waals surface area contributed by atoms with Gasteiger partial charge in [-0.15, -0.1) is 9.61 Å². The van der Waals surface area contributed by atoms with Crippen LogP contribution >= 0.6 is 0 Å². The van der Waals surface area contributed by atoms with Crippen molar-refractivity contribution in [2.45, 2.75) is 20.4 Å². The van der Waals surface area contributed by atoms with Crippen LogP contribution in [0.1, 0.15) is 17.2 Å². The van der Waals surface area contributed by atoms with Crippen molar-refractivity contribution in [2.24, 2.45) is 7.05 Å². The number of aromatic amines is 1. The van der Waals surface area contributed by atoms with Crippen molar-refractivity contribution in [1.82, 2.24) is 29.8 Å². The van der Waals surface area contributed by atoms with Crippen LogP contribution in [-0.2, 0) is 13.6 Å². The number of hydrogen-bond donors (Lipinski definition) is 1. The number of nitrogens with one attached hydrogen (secondary N) is 1. The normalized spacial score (nSPS) is 11.2. The summed E-state index contributed by atoms with van der Waals surface area (Å²) in [5, 5.41) is 7.86. The Morgan fingerprint density at radius 1 is 1.15 bits per heavy atom. The van der Waals surface area contributed by atoms with Crippen LogP contribution in [0.5, 0.6) is 0 Å². The lowest BCUT2D eigenvalue weighted by Gasteiger charge is -2.13. The smallest absolute Gasteiger partial charge is 0.334 e. The van der Waals surface area contributed by atoms with E-state index < -0.39 is 0 Å². The van der Waals surface area contributed by atoms with Crippen molar-refractivity contribution in [1.29, 1.82) is 0 Å². The summed E-state index contributed by atoms with van der Waals surface area (Å²) in [6, 6.07) is 9.97. The van der Waals surface area contributed by atoms with Crippen LogP contribution in [0.2, 0.25) is 0 Å². The van der Waals surface area contributed by atoms with Gasteiger partial charge in [-0.05, 0) is 11.9 Å². The molecular formula is C18H21N8+. The average Bonchev–Trinajstić information content (AvgIpc) is 3.23. The Balaban J connectivity index is 1.63. The van der Waals surface area contributed by atoms with Crippen LogP contribution < -0.4 is 9.42 Å². The number of aromatic nitrogens is 7. The fourth-order valence-corrected chi connectivity index (χ4v) is 2.97. The topological polar surface area (TPSA) is 79.6 Å². The van der Waals surface area contributed by atoms with Gasteiger partial charge in [0.05, 0.1) is 6.20 Å². The number of benzene rings is 1. The van der Waals surface area contributed by atoms with E-state index in [2.05, 4.69) is 25.1 Å². The number of anilines is 1. The van der Waals surface area contributed by atoms with Gasteiger partial charge in [0, 0.05) is 26.6 Å². The van der Waals surface area contributed by atoms with Crippen LogP contribution in [0.3, 0.4) is 0 Å². The third kappa shape index (κ3) is 2.79. The molecule has 0 bridgehead atoms. The predicted molar refractivity (Wildman–Crippen MR) is 97.6 cm³/mol. The van der Waals surface area contributed by atoms with Crippen molar-refractivity contribution < 1.29 is 4.52 Å². The number of aryl methyl sites for hydroxylation is 3. The van der Waals surface area contributed by atoms with E-state index in [1.807, 2.05) is 73.9 Å². The van der Waals surface area contributed by atoms with Crippen LogP contribution in [0.15, 0.2) is 36.5 Å². The molecule has 0 aliphatic rings. The van der Waals surface area contributed by atoms with E-state index in [9.17, 15) is 0 Å². The Kier molecular flexibility index (Phi) is 3.87. The first-order valence-electron chi connectivity index (χ1n) is 8.43. The molecule has 0 unspecified atom stereocenters. The molecule has 4 rings (SSSR count). The van der Waals surface area contributed by atoms with E-state index in [0.717, 1.165) is 34.4 Å². The second kappa shape index (κ2) is 6.21. The van der Waals surface area contributed by atoms with Gasteiger partial charge in [0.1, 0.15) is 17.9 Å². The van der Waals surface area contributed by atoms with Gasteiger partial charge in [-0.2, -0.15) is 10.1 Å².